The van der Waals surface area contributed by atoms with Crippen LogP contribution in [0.2, 0.25) is 5.02 Å². The van der Waals surface area contributed by atoms with Crippen molar-refractivity contribution in [1.29, 1.82) is 5.26 Å². The van der Waals surface area contributed by atoms with E-state index in [0.717, 1.165) is 29.5 Å². The van der Waals surface area contributed by atoms with Crippen LogP contribution in [0.15, 0.2) is 40.6 Å². The molecular weight excluding hydrogens is 504 g/mol. The van der Waals surface area contributed by atoms with E-state index in [4.69, 9.17) is 31.9 Å². The van der Waals surface area contributed by atoms with Crippen LogP contribution in [0.1, 0.15) is 5.56 Å². The number of hydrogen-bond donors (Lipinski definition) is 3. The topological polar surface area (TPSA) is 152 Å². The van der Waals surface area contributed by atoms with Gasteiger partial charge in [0.05, 0.1) is 10.6 Å². The molecular formula is C18H16ClFN3O6PS2. The Morgan fingerprint density at radius 2 is 2.06 bits per heavy atom. The Kier molecular flexibility index (Phi) is 7.42. The van der Waals surface area contributed by atoms with Gasteiger partial charge in [-0.25, -0.2) is 17.4 Å². The zero-order chi connectivity index (χ0) is 23.5. The molecule has 170 valence electrons. The van der Waals surface area contributed by atoms with Crippen molar-refractivity contribution in [2.24, 2.45) is 5.73 Å². The fourth-order valence-corrected chi connectivity index (χ4v) is 6.80. The van der Waals surface area contributed by atoms with Crippen LogP contribution < -0.4 is 19.7 Å². The van der Waals surface area contributed by atoms with Crippen LogP contribution >= 0.6 is 30.5 Å². The van der Waals surface area contributed by atoms with Crippen molar-refractivity contribution in [2.75, 3.05) is 19.4 Å². The largest absolute Gasteiger partial charge is 0.491 e. The summed E-state index contributed by atoms with van der Waals surface area (Å²) in [7, 11) is -8.73. The Bertz CT molecular complexity index is 1360. The lowest BCUT2D eigenvalue weighted by Gasteiger charge is -2.14. The van der Waals surface area contributed by atoms with Gasteiger partial charge in [0.15, 0.2) is 0 Å². The molecule has 0 aliphatic carbocycles. The number of nitrogens with two attached hydrogens (primary N) is 1. The van der Waals surface area contributed by atoms with E-state index in [1.165, 1.54) is 6.07 Å². The molecule has 0 saturated carbocycles. The van der Waals surface area contributed by atoms with Crippen molar-refractivity contribution in [1.82, 2.24) is 4.72 Å². The number of benzene rings is 2. The average molecular weight is 520 g/mol. The SMILES string of the molecule is N#Cc1ccc(OP(=O)(O)CNS(=O)(=O)c2cc3c(Cl)c(OCCN)ccc3s2)cc1F. The number of ether oxygens (including phenoxy) is 1. The maximum absolute atomic E-state index is 13.6. The molecule has 9 nitrogen and oxygen atoms in total. The number of nitrogens with zero attached hydrogens (tertiary/aromatic N) is 1. The van der Waals surface area contributed by atoms with E-state index in [1.54, 1.807) is 18.2 Å². The first-order valence-corrected chi connectivity index (χ1v) is 13.3. The van der Waals surface area contributed by atoms with Crippen LogP contribution in [0.4, 0.5) is 4.39 Å². The quantitative estimate of drug-likeness (QED) is 0.364. The van der Waals surface area contributed by atoms with Gasteiger partial charge in [0.2, 0.25) is 0 Å². The third-order valence-corrected chi connectivity index (χ3v) is 8.61. The molecule has 1 aromatic heterocycles. The predicted molar refractivity (Wildman–Crippen MR) is 118 cm³/mol. The van der Waals surface area contributed by atoms with Gasteiger partial charge in [-0.3, -0.25) is 0 Å². The third-order valence-electron chi connectivity index (χ3n) is 3.98. The number of halogens is 2. The molecule has 3 aromatic rings. The van der Waals surface area contributed by atoms with Crippen molar-refractivity contribution in [3.63, 3.8) is 0 Å². The second-order valence-electron chi connectivity index (χ2n) is 6.28. The van der Waals surface area contributed by atoms with Gasteiger partial charge in [0.25, 0.3) is 10.0 Å². The van der Waals surface area contributed by atoms with Gasteiger partial charge in [-0.1, -0.05) is 11.6 Å². The van der Waals surface area contributed by atoms with E-state index in [9.17, 15) is 22.3 Å². The Balaban J connectivity index is 1.76. The molecule has 0 saturated heterocycles. The number of nitriles is 1. The highest BCUT2D eigenvalue weighted by Crippen LogP contribution is 2.43. The monoisotopic (exact) mass is 519 g/mol. The molecule has 32 heavy (non-hydrogen) atoms. The molecule has 2 aromatic carbocycles. The summed E-state index contributed by atoms with van der Waals surface area (Å²) in [6.07, 6.45) is -0.968. The predicted octanol–water partition coefficient (Wildman–Crippen LogP) is 3.40. The van der Waals surface area contributed by atoms with Gasteiger partial charge >= 0.3 is 7.60 Å². The smallest absolute Gasteiger partial charge is 0.391 e. The summed E-state index contributed by atoms with van der Waals surface area (Å²) in [5.74, 6) is -0.921. The molecule has 0 spiro atoms. The number of nitrogens with one attached hydrogen (secondary N) is 1. The van der Waals surface area contributed by atoms with Gasteiger partial charge in [0, 0.05) is 22.7 Å². The van der Waals surface area contributed by atoms with Crippen molar-refractivity contribution in [3.8, 4) is 17.6 Å². The highest BCUT2D eigenvalue weighted by atomic mass is 35.5. The molecule has 0 radical (unpaired) electrons. The van der Waals surface area contributed by atoms with Gasteiger partial charge in [0.1, 0.15) is 40.5 Å². The molecule has 0 aliphatic heterocycles. The standard InChI is InChI=1S/C18H16ClFN3O6PS2/c19-18-13-8-17(31-16(13)4-3-15(18)28-6-5-21)32(26,27)23-10-30(24,25)29-12-2-1-11(9-22)14(20)7-12/h1-4,7-8,23H,5-6,10,21H2,(H,24,25). The van der Waals surface area contributed by atoms with Crippen LogP contribution in [0.25, 0.3) is 10.1 Å². The summed E-state index contributed by atoms with van der Waals surface area (Å²) < 4.78 is 63.9. The van der Waals surface area contributed by atoms with Gasteiger partial charge in [-0.2, -0.15) is 9.98 Å². The first kappa shape index (κ1) is 24.4. The fraction of sp³-hybridized carbons (Fsp3) is 0.167. The van der Waals surface area contributed by atoms with E-state index < -0.39 is 29.7 Å². The maximum atomic E-state index is 13.6. The lowest BCUT2D eigenvalue weighted by Crippen LogP contribution is -2.25. The Hall–Kier alpha value is -2.23. The minimum atomic E-state index is -4.53. The first-order chi connectivity index (χ1) is 15.1. The molecule has 0 aliphatic rings. The Morgan fingerprint density at radius 1 is 1.31 bits per heavy atom. The van der Waals surface area contributed by atoms with Crippen molar-refractivity contribution < 1.29 is 31.5 Å². The van der Waals surface area contributed by atoms with Crippen LogP contribution in [-0.4, -0.2) is 32.7 Å². The summed E-state index contributed by atoms with van der Waals surface area (Å²) in [6, 6.07) is 9.10. The molecule has 0 bridgehead atoms. The molecule has 1 unspecified atom stereocenters. The summed E-state index contributed by atoms with van der Waals surface area (Å²) in [5, 5.41) is 9.36. The second kappa shape index (κ2) is 9.72. The normalized spacial score (nSPS) is 13.5. The van der Waals surface area contributed by atoms with Crippen LogP contribution in [0.3, 0.4) is 0 Å². The average Bonchev–Trinajstić information content (AvgIpc) is 3.18. The summed E-state index contributed by atoms with van der Waals surface area (Å²) in [6.45, 7) is 0.511. The van der Waals surface area contributed by atoms with Crippen molar-refractivity contribution >= 4 is 50.6 Å². The van der Waals surface area contributed by atoms with Crippen LogP contribution in [0, 0.1) is 17.1 Å². The van der Waals surface area contributed by atoms with E-state index >= 15 is 0 Å². The Labute approximate surface area is 191 Å². The fourth-order valence-electron chi connectivity index (χ4n) is 2.53. The van der Waals surface area contributed by atoms with E-state index in [1.807, 2.05) is 4.72 Å². The summed E-state index contributed by atoms with van der Waals surface area (Å²) in [5.41, 5.74) is 5.13. The third kappa shape index (κ3) is 5.57. The number of rotatable bonds is 9. The molecule has 1 heterocycles. The molecule has 14 heteroatoms. The minimum Gasteiger partial charge on any atom is -0.491 e. The maximum Gasteiger partial charge on any atom is 0.391 e. The van der Waals surface area contributed by atoms with E-state index in [-0.39, 0.29) is 33.7 Å². The first-order valence-electron chi connectivity index (χ1n) is 8.82. The molecule has 0 fully saturated rings. The highest BCUT2D eigenvalue weighted by Gasteiger charge is 2.27. The lowest BCUT2D eigenvalue weighted by atomic mass is 10.2. The van der Waals surface area contributed by atoms with E-state index in [0.29, 0.717) is 15.8 Å². The lowest BCUT2D eigenvalue weighted by molar-refractivity contribution is 0.329. The highest BCUT2D eigenvalue weighted by molar-refractivity contribution is 7.92. The molecule has 0 amide bonds. The van der Waals surface area contributed by atoms with Crippen molar-refractivity contribution in [2.45, 2.75) is 4.21 Å². The van der Waals surface area contributed by atoms with E-state index in [2.05, 4.69) is 0 Å². The van der Waals surface area contributed by atoms with Crippen molar-refractivity contribution in [3.05, 3.63) is 52.8 Å². The minimum absolute atomic E-state index is 0.144. The van der Waals surface area contributed by atoms with Gasteiger partial charge < -0.3 is 19.9 Å². The van der Waals surface area contributed by atoms with Gasteiger partial charge in [-0.15, -0.1) is 11.3 Å². The second-order valence-corrected chi connectivity index (χ2v) is 11.5. The zero-order valence-electron chi connectivity index (χ0n) is 16.1. The Morgan fingerprint density at radius 3 is 2.72 bits per heavy atom. The molecule has 3 rings (SSSR count). The summed E-state index contributed by atoms with van der Waals surface area (Å²) in [4.78, 5) is 9.97. The molecule has 1 atom stereocenters. The van der Waals surface area contributed by atoms with Gasteiger partial charge in [-0.05, 0) is 30.3 Å². The van der Waals surface area contributed by atoms with Crippen LogP contribution in [0.5, 0.6) is 11.5 Å². The number of hydrogen-bond acceptors (Lipinski definition) is 8. The zero-order valence-corrected chi connectivity index (χ0v) is 19.4. The number of sulfonamides is 1. The number of thiophene rings is 1. The molecule has 4 N–H and O–H groups in total. The summed E-state index contributed by atoms with van der Waals surface area (Å²) >= 11 is 7.19. The van der Waals surface area contributed by atoms with Crippen LogP contribution in [-0.2, 0) is 14.6 Å². The number of fused-ring (bicyclic) bond motifs is 1.